The van der Waals surface area contributed by atoms with Gasteiger partial charge in [0.25, 0.3) is 0 Å². The van der Waals surface area contributed by atoms with Crippen LogP contribution in [0.3, 0.4) is 0 Å². The Kier molecular flexibility index (Phi) is 3.88. The quantitative estimate of drug-likeness (QED) is 0.574. The third-order valence-electron chi connectivity index (χ3n) is 5.66. The molecule has 2 aliphatic rings. The van der Waals surface area contributed by atoms with Crippen LogP contribution in [0.25, 0.3) is 0 Å². The van der Waals surface area contributed by atoms with E-state index in [1.807, 2.05) is 41.5 Å². The van der Waals surface area contributed by atoms with Crippen LogP contribution in [0.2, 0.25) is 0 Å². The molecule has 2 aliphatic heterocycles. The fourth-order valence-electron chi connectivity index (χ4n) is 3.87. The molecule has 6 heteroatoms. The Morgan fingerprint density at radius 3 is 1.77 bits per heavy atom. The summed E-state index contributed by atoms with van der Waals surface area (Å²) in [7, 11) is 0. The Morgan fingerprint density at radius 1 is 1.05 bits per heavy atom. The van der Waals surface area contributed by atoms with Crippen LogP contribution in [0.1, 0.15) is 54.9 Å². The van der Waals surface area contributed by atoms with Gasteiger partial charge in [0.1, 0.15) is 6.42 Å². The van der Waals surface area contributed by atoms with E-state index in [0.29, 0.717) is 0 Å². The zero-order valence-corrected chi connectivity index (χ0v) is 14.5. The van der Waals surface area contributed by atoms with Crippen molar-refractivity contribution in [1.82, 2.24) is 9.96 Å². The second-order valence-electron chi connectivity index (χ2n) is 7.59. The maximum Gasteiger partial charge on any atom is 0.322 e. The fraction of sp³-hybridized carbons (Fsp3) is 0.812. The van der Waals surface area contributed by atoms with Gasteiger partial charge < -0.3 is 4.84 Å². The summed E-state index contributed by atoms with van der Waals surface area (Å²) in [5.74, 6) is -0.635. The molecule has 2 atom stereocenters. The number of nitrogens with zero attached hydrogens (tertiary/aromatic N) is 2. The lowest BCUT2D eigenvalue weighted by atomic mass is 9.65. The van der Waals surface area contributed by atoms with Gasteiger partial charge in [0, 0.05) is 13.0 Å². The Labute approximate surface area is 131 Å². The normalized spacial score (nSPS) is 34.3. The van der Waals surface area contributed by atoms with Gasteiger partial charge in [-0.2, -0.15) is 0 Å². The van der Waals surface area contributed by atoms with Gasteiger partial charge in [-0.15, -0.1) is 5.06 Å². The molecule has 0 aromatic carbocycles. The lowest BCUT2D eigenvalue weighted by Crippen LogP contribution is -2.74. The van der Waals surface area contributed by atoms with Crippen molar-refractivity contribution in [3.8, 4) is 0 Å². The number of hydrogen-bond acceptors (Lipinski definition) is 5. The third-order valence-corrected chi connectivity index (χ3v) is 5.66. The molecule has 0 radical (unpaired) electrons. The van der Waals surface area contributed by atoms with Crippen molar-refractivity contribution in [3.05, 3.63) is 0 Å². The average molecular weight is 310 g/mol. The Balaban J connectivity index is 2.44. The molecule has 2 heterocycles. The minimum absolute atomic E-state index is 0.00442. The molecule has 124 valence electrons. The monoisotopic (exact) mass is 310 g/mol. The molecule has 0 saturated carbocycles. The highest BCUT2D eigenvalue weighted by Gasteiger charge is 2.60. The molecule has 0 bridgehead atoms. The number of carbonyl (C=O) groups excluding carboxylic acids is 3. The van der Waals surface area contributed by atoms with Crippen molar-refractivity contribution in [2.75, 3.05) is 0 Å². The zero-order valence-electron chi connectivity index (χ0n) is 14.5. The van der Waals surface area contributed by atoms with Crippen LogP contribution >= 0.6 is 0 Å². The smallest absolute Gasteiger partial charge is 0.322 e. The van der Waals surface area contributed by atoms with Crippen LogP contribution in [-0.4, -0.2) is 44.9 Å². The van der Waals surface area contributed by atoms with Gasteiger partial charge in [-0.3, -0.25) is 19.3 Å². The molecule has 0 aromatic heterocycles. The number of hydroxylamine groups is 2. The number of likely N-dealkylation sites (tertiary alicyclic amines) is 1. The highest BCUT2D eigenvalue weighted by molar-refractivity contribution is 6.15. The highest BCUT2D eigenvalue weighted by atomic mass is 16.7. The first-order valence-corrected chi connectivity index (χ1v) is 7.76. The average Bonchev–Trinajstić information content (AvgIpc) is 2.38. The second kappa shape index (κ2) is 5.05. The molecule has 2 rings (SSSR count). The van der Waals surface area contributed by atoms with E-state index in [4.69, 9.17) is 4.84 Å². The van der Waals surface area contributed by atoms with Gasteiger partial charge in [-0.05, 0) is 39.5 Å². The molecular formula is C16H26N2O4. The van der Waals surface area contributed by atoms with Crippen molar-refractivity contribution < 1.29 is 19.2 Å². The molecule has 0 aliphatic carbocycles. The molecule has 0 aromatic rings. The summed E-state index contributed by atoms with van der Waals surface area (Å²) in [4.78, 5) is 42.3. The van der Waals surface area contributed by atoms with Crippen LogP contribution in [0, 0.1) is 11.8 Å². The maximum absolute atomic E-state index is 11.9. The predicted octanol–water partition coefficient (Wildman–Crippen LogP) is 1.74. The minimum atomic E-state index is -0.498. The Hall–Kier alpha value is -1.43. The number of imide groups is 1. The van der Waals surface area contributed by atoms with E-state index < -0.39 is 11.1 Å². The molecule has 2 unspecified atom stereocenters. The topological polar surface area (TPSA) is 66.9 Å². The van der Waals surface area contributed by atoms with Gasteiger partial charge >= 0.3 is 5.97 Å². The standard InChI is InChI=1S/C16H26N2O4/c1-9-14(17-12(20)8-13(17)21)10(2)16(6,7)18(15(9,4)5)22-11(3)19/h9-10,14H,8H2,1-7H3. The zero-order chi connectivity index (χ0) is 17.0. The number of hydrogen-bond donors (Lipinski definition) is 0. The van der Waals surface area contributed by atoms with Crippen LogP contribution in [0.15, 0.2) is 0 Å². The van der Waals surface area contributed by atoms with E-state index in [1.165, 1.54) is 11.8 Å². The SMILES string of the molecule is CC(=O)ON1C(C)(C)C(C)C(N2C(=O)CC2=O)C(C)C1(C)C. The van der Waals surface area contributed by atoms with Crippen LogP contribution in [-0.2, 0) is 19.2 Å². The summed E-state index contributed by atoms with van der Waals surface area (Å²) < 4.78 is 0. The number of piperidine rings is 1. The van der Waals surface area contributed by atoms with E-state index >= 15 is 0 Å². The Morgan fingerprint density at radius 2 is 1.45 bits per heavy atom. The highest BCUT2D eigenvalue weighted by Crippen LogP contribution is 2.48. The van der Waals surface area contributed by atoms with E-state index in [9.17, 15) is 14.4 Å². The van der Waals surface area contributed by atoms with Gasteiger partial charge in [-0.1, -0.05) is 13.8 Å². The molecule has 2 amide bonds. The molecular weight excluding hydrogens is 284 g/mol. The van der Waals surface area contributed by atoms with E-state index in [0.717, 1.165) is 0 Å². The maximum atomic E-state index is 11.9. The number of amides is 2. The molecule has 22 heavy (non-hydrogen) atoms. The molecule has 2 saturated heterocycles. The van der Waals surface area contributed by atoms with Crippen LogP contribution in [0.4, 0.5) is 0 Å². The molecule has 0 spiro atoms. The first kappa shape index (κ1) is 16.9. The summed E-state index contributed by atoms with van der Waals surface area (Å²) in [5, 5.41) is 1.74. The predicted molar refractivity (Wildman–Crippen MR) is 80.3 cm³/mol. The van der Waals surface area contributed by atoms with Gasteiger partial charge in [0.15, 0.2) is 0 Å². The van der Waals surface area contributed by atoms with Gasteiger partial charge in [0.05, 0.1) is 11.1 Å². The van der Waals surface area contributed by atoms with Crippen LogP contribution in [0.5, 0.6) is 0 Å². The minimum Gasteiger partial charge on any atom is -0.367 e. The number of β-lactam (4-membered cyclic amide) rings is 2. The summed E-state index contributed by atoms with van der Waals surface area (Å²) in [5.41, 5.74) is -0.995. The van der Waals surface area contributed by atoms with Crippen molar-refractivity contribution in [2.24, 2.45) is 11.8 Å². The fourth-order valence-corrected chi connectivity index (χ4v) is 3.87. The molecule has 0 N–H and O–H groups in total. The number of rotatable bonds is 2. The third kappa shape index (κ3) is 2.24. The second-order valence-corrected chi connectivity index (χ2v) is 7.59. The van der Waals surface area contributed by atoms with Gasteiger partial charge in [-0.25, -0.2) is 0 Å². The van der Waals surface area contributed by atoms with E-state index in [1.54, 1.807) is 5.06 Å². The lowest BCUT2D eigenvalue weighted by Gasteiger charge is -2.61. The number of carbonyl (C=O) groups is 3. The van der Waals surface area contributed by atoms with Crippen molar-refractivity contribution in [1.29, 1.82) is 0 Å². The first-order valence-electron chi connectivity index (χ1n) is 7.76. The van der Waals surface area contributed by atoms with E-state index in [2.05, 4.69) is 0 Å². The van der Waals surface area contributed by atoms with E-state index in [-0.39, 0.29) is 42.1 Å². The Bertz CT molecular complexity index is 490. The van der Waals surface area contributed by atoms with Gasteiger partial charge in [0.2, 0.25) is 11.8 Å². The first-order chi connectivity index (χ1) is 9.92. The summed E-state index contributed by atoms with van der Waals surface area (Å²) >= 11 is 0. The summed E-state index contributed by atoms with van der Waals surface area (Å²) in [6.45, 7) is 13.3. The molecule has 2 fully saturated rings. The van der Waals surface area contributed by atoms with Crippen LogP contribution < -0.4 is 0 Å². The summed E-state index contributed by atoms with van der Waals surface area (Å²) in [6.07, 6.45) is 0.00442. The largest absolute Gasteiger partial charge is 0.367 e. The molecule has 6 nitrogen and oxygen atoms in total. The van der Waals surface area contributed by atoms with Crippen molar-refractivity contribution in [2.45, 2.75) is 72.0 Å². The lowest BCUT2D eigenvalue weighted by molar-refractivity contribution is -0.297. The van der Waals surface area contributed by atoms with Crippen molar-refractivity contribution >= 4 is 17.8 Å². The summed E-state index contributed by atoms with van der Waals surface area (Å²) in [6, 6.07) is -0.189. The van der Waals surface area contributed by atoms with Crippen molar-refractivity contribution in [3.63, 3.8) is 0 Å².